The van der Waals surface area contributed by atoms with Gasteiger partial charge in [-0.05, 0) is 31.1 Å². The van der Waals surface area contributed by atoms with E-state index in [0.717, 1.165) is 12.8 Å². The molecule has 2 unspecified atom stereocenters. The van der Waals surface area contributed by atoms with Gasteiger partial charge < -0.3 is 0 Å². The van der Waals surface area contributed by atoms with Crippen molar-refractivity contribution in [1.82, 2.24) is 0 Å². The second-order valence-corrected chi connectivity index (χ2v) is 4.56. The van der Waals surface area contributed by atoms with Crippen LogP contribution in [-0.2, 0) is 4.79 Å². The summed E-state index contributed by atoms with van der Waals surface area (Å²) in [7, 11) is 0. The summed E-state index contributed by atoms with van der Waals surface area (Å²) < 4.78 is 0. The lowest BCUT2D eigenvalue weighted by Gasteiger charge is -2.46. The van der Waals surface area contributed by atoms with E-state index in [4.69, 9.17) is 11.6 Å². The van der Waals surface area contributed by atoms with E-state index in [2.05, 4.69) is 0 Å². The maximum atomic E-state index is 11.4. The smallest absolute Gasteiger partial charge is 0.157 e. The van der Waals surface area contributed by atoms with Crippen LogP contribution < -0.4 is 0 Å². The van der Waals surface area contributed by atoms with Crippen molar-refractivity contribution in [3.8, 4) is 0 Å². The molecule has 3 aliphatic carbocycles. The molecule has 1 nitrogen and oxygen atoms in total. The number of Topliss-reactive ketones (excluding diaryl/α,β-unsaturated/α-hetero) is 1. The third kappa shape index (κ3) is 0.334. The van der Waals surface area contributed by atoms with Crippen molar-refractivity contribution < 1.29 is 4.79 Å². The maximum Gasteiger partial charge on any atom is 0.157 e. The summed E-state index contributed by atoms with van der Waals surface area (Å²) in [5.41, 5.74) is 0. The van der Waals surface area contributed by atoms with Crippen LogP contribution in [0.15, 0.2) is 0 Å². The largest absolute Gasteiger partial charge is 0.297 e. The molecule has 3 fully saturated rings. The van der Waals surface area contributed by atoms with Crippen LogP contribution in [0.2, 0.25) is 0 Å². The van der Waals surface area contributed by atoms with Gasteiger partial charge in [-0.1, -0.05) is 0 Å². The quantitative estimate of drug-likeness (QED) is 0.487. The zero-order valence-electron chi connectivity index (χ0n) is 5.64. The summed E-state index contributed by atoms with van der Waals surface area (Å²) in [6.45, 7) is 0. The Morgan fingerprint density at radius 2 is 1.90 bits per heavy atom. The number of ketones is 1. The number of fused-ring (bicyclic) bond motifs is 1. The van der Waals surface area contributed by atoms with Crippen molar-refractivity contribution in [2.75, 3.05) is 0 Å². The number of carbonyl (C=O) groups excluding carboxylic acids is 1. The molecule has 0 aromatic carbocycles. The van der Waals surface area contributed by atoms with Gasteiger partial charge in [0.15, 0.2) is 5.78 Å². The Bertz CT molecular complexity index is 211. The molecule has 0 N–H and O–H groups in total. The number of rotatable bonds is 0. The Labute approximate surface area is 64.7 Å². The molecule has 2 heteroatoms. The molecule has 3 rings (SSSR count). The first-order valence-electron chi connectivity index (χ1n) is 3.96. The van der Waals surface area contributed by atoms with Crippen LogP contribution in [0.4, 0.5) is 0 Å². The van der Waals surface area contributed by atoms with E-state index in [-0.39, 0.29) is 4.87 Å². The summed E-state index contributed by atoms with van der Waals surface area (Å²) in [6, 6.07) is 0. The molecule has 10 heavy (non-hydrogen) atoms. The Kier molecular flexibility index (Phi) is 0.722. The zero-order valence-corrected chi connectivity index (χ0v) is 6.40. The molecule has 54 valence electrons. The molecule has 3 saturated carbocycles. The van der Waals surface area contributed by atoms with Crippen LogP contribution in [0.5, 0.6) is 0 Å². The van der Waals surface area contributed by atoms with E-state index < -0.39 is 0 Å². The van der Waals surface area contributed by atoms with Gasteiger partial charge in [0.1, 0.15) is 4.87 Å². The van der Waals surface area contributed by atoms with Gasteiger partial charge in [0.25, 0.3) is 0 Å². The van der Waals surface area contributed by atoms with E-state index in [1.807, 2.05) is 0 Å². The molecular weight excluding hydrogens is 148 g/mol. The average molecular weight is 157 g/mol. The van der Waals surface area contributed by atoms with Crippen LogP contribution in [0.1, 0.15) is 19.3 Å². The van der Waals surface area contributed by atoms with Crippen LogP contribution in [-0.4, -0.2) is 10.7 Å². The highest BCUT2D eigenvalue weighted by Crippen LogP contribution is 2.67. The molecule has 0 saturated heterocycles. The summed E-state index contributed by atoms with van der Waals surface area (Å²) in [6.07, 6.45) is 3.42. The lowest BCUT2D eigenvalue weighted by Crippen LogP contribution is -2.49. The van der Waals surface area contributed by atoms with E-state index in [9.17, 15) is 4.79 Å². The molecule has 0 aliphatic heterocycles. The van der Waals surface area contributed by atoms with Gasteiger partial charge in [0.2, 0.25) is 0 Å². The highest BCUT2D eigenvalue weighted by atomic mass is 35.5. The minimum absolute atomic E-state index is 0.343. The molecule has 0 aromatic heterocycles. The Balaban J connectivity index is 2.16. The number of hydrogen-bond acceptors (Lipinski definition) is 1. The van der Waals surface area contributed by atoms with Crippen LogP contribution in [0.25, 0.3) is 0 Å². The third-order valence-electron chi connectivity index (χ3n) is 3.64. The maximum absolute atomic E-state index is 11.4. The fraction of sp³-hybridized carbons (Fsp3) is 0.875. The standard InChI is InChI=1S/C8H9ClO/c9-8-5-1-4(7(8)10)2-6(8)3-5/h4-6H,1-3H2. The Morgan fingerprint density at radius 3 is 2.10 bits per heavy atom. The zero-order chi connectivity index (χ0) is 6.93. The monoisotopic (exact) mass is 156 g/mol. The highest BCUT2D eigenvalue weighted by molar-refractivity contribution is 6.38. The van der Waals surface area contributed by atoms with Gasteiger partial charge in [-0.25, -0.2) is 0 Å². The number of carbonyl (C=O) groups is 1. The molecule has 0 radical (unpaired) electrons. The number of hydrogen-bond donors (Lipinski definition) is 0. The van der Waals surface area contributed by atoms with Crippen molar-refractivity contribution >= 4 is 17.4 Å². The van der Waals surface area contributed by atoms with E-state index in [1.54, 1.807) is 0 Å². The molecular formula is C8H9ClO. The van der Waals surface area contributed by atoms with E-state index in [0.29, 0.717) is 23.5 Å². The van der Waals surface area contributed by atoms with Crippen LogP contribution in [0.3, 0.4) is 0 Å². The van der Waals surface area contributed by atoms with Gasteiger partial charge in [-0.3, -0.25) is 4.79 Å². The van der Waals surface area contributed by atoms with Crippen LogP contribution in [0, 0.1) is 17.8 Å². The predicted octanol–water partition coefficient (Wildman–Crippen LogP) is 1.59. The summed E-state index contributed by atoms with van der Waals surface area (Å²) >= 11 is 6.20. The third-order valence-corrected chi connectivity index (χ3v) is 4.45. The summed E-state index contributed by atoms with van der Waals surface area (Å²) in [4.78, 5) is 11.1. The average Bonchev–Trinajstić information content (AvgIpc) is 2.25. The first kappa shape index (κ1) is 5.59. The lowest BCUT2D eigenvalue weighted by molar-refractivity contribution is -0.122. The normalized spacial score (nSPS) is 62.9. The second kappa shape index (κ2) is 1.29. The summed E-state index contributed by atoms with van der Waals surface area (Å²) in [5, 5.41) is 0. The van der Waals surface area contributed by atoms with Gasteiger partial charge in [-0.15, -0.1) is 11.6 Å². The first-order chi connectivity index (χ1) is 4.73. The summed E-state index contributed by atoms with van der Waals surface area (Å²) in [5.74, 6) is 1.85. The topological polar surface area (TPSA) is 17.1 Å². The SMILES string of the molecule is O=C1C2CC3CC(C2)C13Cl. The van der Waals surface area contributed by atoms with Crippen molar-refractivity contribution in [3.63, 3.8) is 0 Å². The number of alkyl halides is 1. The fourth-order valence-electron chi connectivity index (χ4n) is 3.11. The van der Waals surface area contributed by atoms with Crippen molar-refractivity contribution in [1.29, 1.82) is 0 Å². The molecule has 3 aliphatic rings. The molecule has 0 spiro atoms. The van der Waals surface area contributed by atoms with Crippen molar-refractivity contribution in [3.05, 3.63) is 0 Å². The van der Waals surface area contributed by atoms with E-state index in [1.165, 1.54) is 6.42 Å². The van der Waals surface area contributed by atoms with Gasteiger partial charge in [-0.2, -0.15) is 0 Å². The van der Waals surface area contributed by atoms with E-state index >= 15 is 0 Å². The predicted molar refractivity (Wildman–Crippen MR) is 37.9 cm³/mol. The minimum Gasteiger partial charge on any atom is -0.297 e. The second-order valence-electron chi connectivity index (χ2n) is 3.93. The molecule has 0 heterocycles. The van der Waals surface area contributed by atoms with Crippen molar-refractivity contribution in [2.45, 2.75) is 24.1 Å². The molecule has 0 amide bonds. The highest BCUT2D eigenvalue weighted by Gasteiger charge is 2.70. The minimum atomic E-state index is -0.343. The number of halogens is 1. The molecule has 2 atom stereocenters. The Morgan fingerprint density at radius 1 is 1.30 bits per heavy atom. The Hall–Kier alpha value is -0.0400. The molecule has 2 bridgehead atoms. The fourth-order valence-corrected chi connectivity index (χ4v) is 3.62. The van der Waals surface area contributed by atoms with Gasteiger partial charge in [0, 0.05) is 5.92 Å². The molecule has 0 aromatic rings. The van der Waals surface area contributed by atoms with Gasteiger partial charge in [0.05, 0.1) is 0 Å². The van der Waals surface area contributed by atoms with Crippen molar-refractivity contribution in [2.24, 2.45) is 17.8 Å². The van der Waals surface area contributed by atoms with Gasteiger partial charge >= 0.3 is 0 Å². The lowest BCUT2D eigenvalue weighted by atomic mass is 9.63. The first-order valence-corrected chi connectivity index (χ1v) is 4.34. The van der Waals surface area contributed by atoms with Crippen LogP contribution >= 0.6 is 11.6 Å².